The fourth-order valence-corrected chi connectivity index (χ4v) is 1.66. The maximum Gasteiger partial charge on any atom is 0.270 e. The van der Waals surface area contributed by atoms with Crippen LogP contribution in [0.15, 0.2) is 34.9 Å². The Labute approximate surface area is 123 Å². The number of carbonyl (C=O) groups is 1. The molecular weight excluding hydrogens is 268 g/mol. The fraction of sp³-hybridized carbons (Fsp3) is 0.250. The molecule has 0 fully saturated rings. The first kappa shape index (κ1) is 14.8. The molecule has 21 heavy (non-hydrogen) atoms. The summed E-state index contributed by atoms with van der Waals surface area (Å²) in [5.74, 6) is 6.89. The largest absolute Gasteiger partial charge is 0.465 e. The molecule has 0 radical (unpaired) electrons. The molecule has 0 aliphatic rings. The first-order chi connectivity index (χ1) is 10.2. The van der Waals surface area contributed by atoms with E-state index in [2.05, 4.69) is 22.1 Å². The molecule has 0 atom stereocenters. The zero-order chi connectivity index (χ0) is 15.1. The molecule has 0 aliphatic carbocycles. The van der Waals surface area contributed by atoms with Crippen LogP contribution in [0.3, 0.4) is 0 Å². The molecule has 2 rings (SSSR count). The Morgan fingerprint density at radius 3 is 2.86 bits per heavy atom. The number of aliphatic hydroxyl groups is 1. The monoisotopic (exact) mass is 284 g/mol. The van der Waals surface area contributed by atoms with Crippen LogP contribution < -0.4 is 5.32 Å². The van der Waals surface area contributed by atoms with Crippen LogP contribution in [0.2, 0.25) is 0 Å². The van der Waals surface area contributed by atoms with E-state index in [1.165, 1.54) is 6.20 Å². The summed E-state index contributed by atoms with van der Waals surface area (Å²) in [7, 11) is 0. The highest BCUT2D eigenvalue weighted by molar-refractivity contribution is 5.92. The van der Waals surface area contributed by atoms with Gasteiger partial charge in [0.25, 0.3) is 5.91 Å². The molecule has 0 saturated carbocycles. The molecule has 2 aromatic rings. The Morgan fingerprint density at radius 1 is 1.38 bits per heavy atom. The fourth-order valence-electron chi connectivity index (χ4n) is 1.66. The van der Waals surface area contributed by atoms with E-state index in [1.54, 1.807) is 12.1 Å². The summed E-state index contributed by atoms with van der Waals surface area (Å²) in [5.41, 5.74) is 1.03. The Kier molecular flexibility index (Phi) is 5.13. The molecule has 0 unspecified atom stereocenters. The van der Waals surface area contributed by atoms with Crippen molar-refractivity contribution in [3.05, 3.63) is 53.2 Å². The van der Waals surface area contributed by atoms with E-state index in [0.717, 1.165) is 5.76 Å². The number of amides is 1. The zero-order valence-corrected chi connectivity index (χ0v) is 11.7. The molecule has 0 saturated heterocycles. The third-order valence-corrected chi connectivity index (χ3v) is 2.68. The van der Waals surface area contributed by atoms with Gasteiger partial charge in [0.2, 0.25) is 0 Å². The molecule has 5 nitrogen and oxygen atoms in total. The minimum absolute atomic E-state index is 0.0349. The number of nitrogens with zero attached hydrogens (tertiary/aromatic N) is 1. The smallest absolute Gasteiger partial charge is 0.270 e. The molecule has 0 aliphatic heterocycles. The summed E-state index contributed by atoms with van der Waals surface area (Å²) >= 11 is 0. The van der Waals surface area contributed by atoms with Gasteiger partial charge in [0.15, 0.2) is 0 Å². The topological polar surface area (TPSA) is 75.4 Å². The number of aliphatic hydroxyl groups excluding tert-OH is 1. The summed E-state index contributed by atoms with van der Waals surface area (Å²) in [4.78, 5) is 16.0. The Balaban J connectivity index is 1.92. The maximum atomic E-state index is 11.9. The molecule has 108 valence electrons. The zero-order valence-electron chi connectivity index (χ0n) is 11.7. The van der Waals surface area contributed by atoms with Gasteiger partial charge < -0.3 is 14.8 Å². The van der Waals surface area contributed by atoms with Crippen molar-refractivity contribution in [2.75, 3.05) is 6.61 Å². The van der Waals surface area contributed by atoms with Crippen molar-refractivity contribution >= 4 is 5.91 Å². The van der Waals surface area contributed by atoms with Crippen molar-refractivity contribution in [1.29, 1.82) is 0 Å². The lowest BCUT2D eigenvalue weighted by Gasteiger charge is -2.02. The van der Waals surface area contributed by atoms with Gasteiger partial charge in [0.1, 0.15) is 17.2 Å². The highest BCUT2D eigenvalue weighted by Gasteiger charge is 2.07. The van der Waals surface area contributed by atoms with Crippen LogP contribution in [0, 0.1) is 18.8 Å². The van der Waals surface area contributed by atoms with Crippen LogP contribution in [0.1, 0.15) is 34.0 Å². The number of aromatic nitrogens is 1. The molecule has 2 aromatic heterocycles. The normalized spacial score (nSPS) is 9.81. The van der Waals surface area contributed by atoms with Crippen molar-refractivity contribution in [1.82, 2.24) is 10.3 Å². The first-order valence-corrected chi connectivity index (χ1v) is 6.58. The van der Waals surface area contributed by atoms with Crippen molar-refractivity contribution < 1.29 is 14.3 Å². The Morgan fingerprint density at radius 2 is 2.24 bits per heavy atom. The van der Waals surface area contributed by atoms with Gasteiger partial charge in [-0.3, -0.25) is 4.79 Å². The average molecular weight is 284 g/mol. The van der Waals surface area contributed by atoms with Gasteiger partial charge in [-0.1, -0.05) is 11.8 Å². The molecule has 2 N–H and O–H groups in total. The van der Waals surface area contributed by atoms with Crippen molar-refractivity contribution in [2.24, 2.45) is 0 Å². The molecule has 0 spiro atoms. The van der Waals surface area contributed by atoms with E-state index < -0.39 is 0 Å². The van der Waals surface area contributed by atoms with Gasteiger partial charge in [-0.05, 0) is 31.2 Å². The van der Waals surface area contributed by atoms with Gasteiger partial charge in [-0.15, -0.1) is 0 Å². The highest BCUT2D eigenvalue weighted by atomic mass is 16.3. The molecule has 5 heteroatoms. The van der Waals surface area contributed by atoms with E-state index in [4.69, 9.17) is 9.52 Å². The summed E-state index contributed by atoms with van der Waals surface area (Å²) in [6.45, 7) is 2.21. The lowest BCUT2D eigenvalue weighted by molar-refractivity contribution is 0.0943. The SMILES string of the molecule is Cc1ccc(CNC(=O)c2ccc(C#CCCO)cn2)o1. The first-order valence-electron chi connectivity index (χ1n) is 6.58. The predicted octanol–water partition coefficient (Wildman–Crippen LogP) is 1.65. The van der Waals surface area contributed by atoms with E-state index in [-0.39, 0.29) is 12.5 Å². The number of rotatable bonds is 4. The van der Waals surface area contributed by atoms with E-state index >= 15 is 0 Å². The second-order valence-electron chi connectivity index (χ2n) is 4.40. The number of hydrogen-bond donors (Lipinski definition) is 2. The van der Waals surface area contributed by atoms with Crippen molar-refractivity contribution in [3.8, 4) is 11.8 Å². The standard InChI is InChI=1S/C16H16N2O3/c1-12-5-7-14(21-12)11-18-16(20)15-8-6-13(10-17-15)4-2-3-9-19/h5-8,10,19H,3,9,11H2,1H3,(H,18,20). The third-order valence-electron chi connectivity index (χ3n) is 2.68. The van der Waals surface area contributed by atoms with Crippen LogP contribution in [0.4, 0.5) is 0 Å². The number of pyridine rings is 1. The van der Waals surface area contributed by atoms with E-state index in [1.807, 2.05) is 19.1 Å². The predicted molar refractivity (Wildman–Crippen MR) is 77.4 cm³/mol. The van der Waals surface area contributed by atoms with E-state index in [0.29, 0.717) is 30.0 Å². The van der Waals surface area contributed by atoms with Crippen LogP contribution in [0.5, 0.6) is 0 Å². The number of aryl methyl sites for hydroxylation is 1. The maximum absolute atomic E-state index is 11.9. The van der Waals surface area contributed by atoms with Gasteiger partial charge >= 0.3 is 0 Å². The number of nitrogens with one attached hydrogen (secondary N) is 1. The van der Waals surface area contributed by atoms with E-state index in [9.17, 15) is 4.79 Å². The van der Waals surface area contributed by atoms with Gasteiger partial charge in [-0.2, -0.15) is 0 Å². The summed E-state index contributed by atoms with van der Waals surface area (Å²) in [6, 6.07) is 7.01. The van der Waals surface area contributed by atoms with Crippen molar-refractivity contribution in [2.45, 2.75) is 19.9 Å². The lowest BCUT2D eigenvalue weighted by Crippen LogP contribution is -2.23. The van der Waals surface area contributed by atoms with Crippen LogP contribution in [0.25, 0.3) is 0 Å². The molecule has 0 bridgehead atoms. The van der Waals surface area contributed by atoms with Crippen LogP contribution in [-0.2, 0) is 6.54 Å². The molecule has 2 heterocycles. The minimum atomic E-state index is -0.265. The quantitative estimate of drug-likeness (QED) is 0.837. The Bertz CT molecular complexity index is 663. The number of carbonyl (C=O) groups excluding carboxylic acids is 1. The van der Waals surface area contributed by atoms with Crippen LogP contribution >= 0.6 is 0 Å². The highest BCUT2D eigenvalue weighted by Crippen LogP contribution is 2.06. The molecule has 1 amide bonds. The molecular formula is C16H16N2O3. The second kappa shape index (κ2) is 7.27. The number of hydrogen-bond acceptors (Lipinski definition) is 4. The summed E-state index contributed by atoms with van der Waals surface area (Å²) in [5, 5.41) is 11.4. The Hall–Kier alpha value is -2.58. The lowest BCUT2D eigenvalue weighted by atomic mass is 10.2. The average Bonchev–Trinajstić information content (AvgIpc) is 2.91. The van der Waals surface area contributed by atoms with Crippen LogP contribution in [-0.4, -0.2) is 22.6 Å². The third kappa shape index (κ3) is 4.48. The van der Waals surface area contributed by atoms with Gasteiger partial charge in [-0.25, -0.2) is 4.98 Å². The number of furan rings is 1. The van der Waals surface area contributed by atoms with Gasteiger partial charge in [0.05, 0.1) is 13.2 Å². The van der Waals surface area contributed by atoms with Crippen molar-refractivity contribution in [3.63, 3.8) is 0 Å². The summed E-state index contributed by atoms with van der Waals surface area (Å²) < 4.78 is 5.37. The minimum Gasteiger partial charge on any atom is -0.465 e. The molecule has 0 aromatic carbocycles. The second-order valence-corrected chi connectivity index (χ2v) is 4.40. The summed E-state index contributed by atoms with van der Waals surface area (Å²) in [6.07, 6.45) is 1.96. The van der Waals surface area contributed by atoms with Gasteiger partial charge in [0, 0.05) is 18.2 Å².